The summed E-state index contributed by atoms with van der Waals surface area (Å²) in [6, 6.07) is 11.6. The molecule has 0 saturated heterocycles. The molecule has 3 heterocycles. The lowest BCUT2D eigenvalue weighted by Gasteiger charge is -2.46. The molecule has 2 aromatic carbocycles. The number of carbonyl (C=O) groups excluding carboxylic acids is 2. The third-order valence-electron chi connectivity index (χ3n) is 10.8. The second-order valence-corrected chi connectivity index (χ2v) is 16.6. The SMILES string of the molecule is CO[C@H]1/C=C/CCC[S@@](=O)(NC(=O)CCc2cncnc2)=NC(=O)c2ccc3c(c2)N(C[C@@H]2CC[C@H]21)C[C@@]1(CCCc2cc(Cl)ccc21)CO3. The number of amides is 2. The number of rotatable bonds is 5. The average Bonchev–Trinajstić information content (AvgIpc) is 3.25. The zero-order valence-electron chi connectivity index (χ0n) is 28.4. The molecule has 2 bridgehead atoms. The first-order valence-corrected chi connectivity index (χ1v) is 19.6. The number of halogens is 1. The van der Waals surface area contributed by atoms with Gasteiger partial charge in [0.15, 0.2) is 0 Å². The maximum absolute atomic E-state index is 14.2. The van der Waals surface area contributed by atoms with Gasteiger partial charge in [0, 0.05) is 55.0 Å². The van der Waals surface area contributed by atoms with Crippen LogP contribution in [0, 0.1) is 11.8 Å². The molecule has 4 aliphatic rings. The Morgan fingerprint density at radius 1 is 1.16 bits per heavy atom. The summed E-state index contributed by atoms with van der Waals surface area (Å²) in [6.07, 6.45) is 15.5. The van der Waals surface area contributed by atoms with Gasteiger partial charge in [0.2, 0.25) is 5.91 Å². The molecule has 2 aliphatic carbocycles. The molecule has 10 nitrogen and oxygen atoms in total. The van der Waals surface area contributed by atoms with Gasteiger partial charge in [-0.05, 0) is 110 Å². The summed E-state index contributed by atoms with van der Waals surface area (Å²) < 4.78 is 33.7. The van der Waals surface area contributed by atoms with Crippen molar-refractivity contribution in [1.82, 2.24) is 14.7 Å². The second kappa shape index (κ2) is 14.8. The number of fused-ring (bicyclic) bond motifs is 4. The number of nitrogens with zero attached hydrogens (tertiary/aromatic N) is 4. The number of anilines is 1. The summed E-state index contributed by atoms with van der Waals surface area (Å²) in [5, 5.41) is 0.741. The number of methoxy groups -OCH3 is 1. The van der Waals surface area contributed by atoms with Crippen LogP contribution >= 0.6 is 11.6 Å². The van der Waals surface area contributed by atoms with E-state index in [1.54, 1.807) is 25.6 Å². The molecule has 7 rings (SSSR count). The number of hydrogen-bond donors (Lipinski definition) is 1. The number of allylic oxidation sites excluding steroid dienone is 1. The summed E-state index contributed by atoms with van der Waals surface area (Å²) in [5.41, 5.74) is 4.21. The van der Waals surface area contributed by atoms with Gasteiger partial charge in [-0.2, -0.15) is 0 Å². The lowest BCUT2D eigenvalue weighted by atomic mass is 9.68. The molecule has 0 radical (unpaired) electrons. The number of nitrogens with one attached hydrogen (secondary N) is 1. The Labute approximate surface area is 299 Å². The van der Waals surface area contributed by atoms with Crippen LogP contribution in [0.25, 0.3) is 0 Å². The fourth-order valence-electron chi connectivity index (χ4n) is 8.06. The normalized spacial score (nSPS) is 28.6. The molecule has 5 atom stereocenters. The predicted octanol–water partition coefficient (Wildman–Crippen LogP) is 6.27. The molecule has 1 N–H and O–H groups in total. The molecule has 50 heavy (non-hydrogen) atoms. The van der Waals surface area contributed by atoms with Crippen molar-refractivity contribution in [2.45, 2.75) is 69.3 Å². The zero-order valence-corrected chi connectivity index (χ0v) is 30.0. The highest BCUT2D eigenvalue weighted by Crippen LogP contribution is 2.47. The molecule has 3 aromatic rings. The minimum absolute atomic E-state index is 0.0408. The van der Waals surface area contributed by atoms with Gasteiger partial charge >= 0.3 is 0 Å². The minimum atomic E-state index is -3.42. The van der Waals surface area contributed by atoms with Gasteiger partial charge < -0.3 is 14.4 Å². The minimum Gasteiger partial charge on any atom is -0.490 e. The number of hydrogen-bond acceptors (Lipinski definition) is 8. The van der Waals surface area contributed by atoms with Crippen molar-refractivity contribution in [2.75, 3.05) is 37.5 Å². The van der Waals surface area contributed by atoms with E-state index >= 15 is 0 Å². The smallest absolute Gasteiger partial charge is 0.286 e. The Kier molecular flexibility index (Phi) is 10.3. The highest BCUT2D eigenvalue weighted by atomic mass is 35.5. The molecular formula is C38H44ClN5O5S. The molecule has 1 aromatic heterocycles. The van der Waals surface area contributed by atoms with Gasteiger partial charge in [0.1, 0.15) is 22.0 Å². The van der Waals surface area contributed by atoms with Crippen LogP contribution in [-0.4, -0.2) is 64.7 Å². The molecule has 264 valence electrons. The van der Waals surface area contributed by atoms with E-state index in [4.69, 9.17) is 21.1 Å². The van der Waals surface area contributed by atoms with Gasteiger partial charge in [-0.1, -0.05) is 29.8 Å². The Balaban J connectivity index is 1.24. The van der Waals surface area contributed by atoms with Crippen LogP contribution in [0.5, 0.6) is 5.75 Å². The van der Waals surface area contributed by atoms with Crippen molar-refractivity contribution >= 4 is 39.0 Å². The third kappa shape index (κ3) is 7.45. The van der Waals surface area contributed by atoms with E-state index < -0.39 is 21.7 Å². The molecule has 1 saturated carbocycles. The van der Waals surface area contributed by atoms with Crippen molar-refractivity contribution in [1.29, 1.82) is 0 Å². The fraction of sp³-hybridized carbons (Fsp3) is 0.474. The fourth-order valence-corrected chi connectivity index (χ4v) is 9.88. The monoisotopic (exact) mass is 717 g/mol. The Bertz CT molecular complexity index is 1900. The van der Waals surface area contributed by atoms with Gasteiger partial charge in [-0.3, -0.25) is 14.3 Å². The Morgan fingerprint density at radius 3 is 2.82 bits per heavy atom. The van der Waals surface area contributed by atoms with Gasteiger partial charge in [0.25, 0.3) is 5.91 Å². The van der Waals surface area contributed by atoms with Gasteiger partial charge in [0.05, 0.1) is 24.2 Å². The molecule has 2 aliphatic heterocycles. The first-order chi connectivity index (χ1) is 24.2. The number of aromatic nitrogens is 2. The third-order valence-corrected chi connectivity index (χ3v) is 12.9. The van der Waals surface area contributed by atoms with E-state index in [-0.39, 0.29) is 23.7 Å². The number of ether oxygens (including phenoxy) is 2. The first-order valence-electron chi connectivity index (χ1n) is 17.6. The standard InChI is InChI=1S/C38H44ClN5O5S/c1-48-34-7-3-2-4-17-50(47,42-36(45)15-8-26-20-40-25-41-21-26)43-37(46)28-10-14-35-33(19-28)44(22-29-9-12-31(29)34)23-38(24-49-35)16-5-6-27-18-30(39)11-13-32(27)38/h3,7,10-11,13-14,18-21,25,29,31,34H,2,4-6,8-9,12,15-17,22-24H2,1H3,(H,42,43,45,46,47)/b7-3+/t29-,31+,34-,38-,50+/m0/s1. The molecule has 0 unspecified atom stereocenters. The van der Waals surface area contributed by atoms with Crippen molar-refractivity contribution in [2.24, 2.45) is 16.2 Å². The lowest BCUT2D eigenvalue weighted by molar-refractivity contribution is -0.119. The number of aryl methyl sites for hydroxylation is 2. The summed E-state index contributed by atoms with van der Waals surface area (Å²) in [4.78, 5) is 37.3. The van der Waals surface area contributed by atoms with Crippen LogP contribution in [-0.2, 0) is 37.7 Å². The summed E-state index contributed by atoms with van der Waals surface area (Å²) >= 11 is 6.45. The van der Waals surface area contributed by atoms with E-state index in [1.165, 1.54) is 17.5 Å². The molecule has 1 fully saturated rings. The molecular weight excluding hydrogens is 674 g/mol. The number of carbonyl (C=O) groups is 2. The van der Waals surface area contributed by atoms with Crippen LogP contribution in [0.4, 0.5) is 5.69 Å². The van der Waals surface area contributed by atoms with Crippen LogP contribution < -0.4 is 14.4 Å². The topological polar surface area (TPSA) is 123 Å². The van der Waals surface area contributed by atoms with E-state index in [2.05, 4.69) is 48.2 Å². The Hall–Kier alpha value is -3.80. The van der Waals surface area contributed by atoms with Crippen LogP contribution in [0.1, 0.15) is 72.0 Å². The predicted molar refractivity (Wildman–Crippen MR) is 194 cm³/mol. The summed E-state index contributed by atoms with van der Waals surface area (Å²) in [7, 11) is -1.66. The van der Waals surface area contributed by atoms with Crippen LogP contribution in [0.3, 0.4) is 0 Å². The largest absolute Gasteiger partial charge is 0.490 e. The lowest BCUT2D eigenvalue weighted by Crippen LogP contribution is -2.49. The van der Waals surface area contributed by atoms with Crippen molar-refractivity contribution in [3.63, 3.8) is 0 Å². The average molecular weight is 718 g/mol. The van der Waals surface area contributed by atoms with Gasteiger partial charge in [-0.15, -0.1) is 4.36 Å². The van der Waals surface area contributed by atoms with Crippen LogP contribution in [0.15, 0.2) is 71.6 Å². The first kappa shape index (κ1) is 34.6. The van der Waals surface area contributed by atoms with Crippen molar-refractivity contribution in [3.8, 4) is 5.75 Å². The molecule has 12 heteroatoms. The Morgan fingerprint density at radius 2 is 2.02 bits per heavy atom. The number of benzene rings is 2. The maximum Gasteiger partial charge on any atom is 0.286 e. The molecule has 2 amide bonds. The summed E-state index contributed by atoms with van der Waals surface area (Å²) in [5.74, 6) is 0.418. The van der Waals surface area contributed by atoms with Crippen molar-refractivity contribution < 1.29 is 23.3 Å². The quantitative estimate of drug-likeness (QED) is 0.307. The summed E-state index contributed by atoms with van der Waals surface area (Å²) in [6.45, 7) is 2.02. The highest BCUT2D eigenvalue weighted by molar-refractivity contribution is 7.92. The highest BCUT2D eigenvalue weighted by Gasteiger charge is 2.44. The second-order valence-electron chi connectivity index (χ2n) is 14.1. The van der Waals surface area contributed by atoms with Gasteiger partial charge in [-0.25, -0.2) is 14.2 Å². The van der Waals surface area contributed by atoms with E-state index in [0.717, 1.165) is 61.5 Å². The zero-order chi connectivity index (χ0) is 34.7. The van der Waals surface area contributed by atoms with E-state index in [0.29, 0.717) is 49.0 Å². The maximum atomic E-state index is 14.2. The van der Waals surface area contributed by atoms with Crippen LogP contribution in [0.2, 0.25) is 5.02 Å². The molecule has 1 spiro atoms. The van der Waals surface area contributed by atoms with Crippen molar-refractivity contribution in [3.05, 3.63) is 94.5 Å². The van der Waals surface area contributed by atoms with E-state index in [1.807, 2.05) is 18.2 Å². The van der Waals surface area contributed by atoms with E-state index in [9.17, 15) is 13.8 Å².